The van der Waals surface area contributed by atoms with Gasteiger partial charge in [-0.25, -0.2) is 4.68 Å². The summed E-state index contributed by atoms with van der Waals surface area (Å²) >= 11 is 0. The minimum Gasteiger partial charge on any atom is -0.496 e. The van der Waals surface area contributed by atoms with Crippen molar-refractivity contribution in [3.63, 3.8) is 0 Å². The minimum atomic E-state index is -0.433. The molecule has 0 bridgehead atoms. The van der Waals surface area contributed by atoms with Gasteiger partial charge >= 0.3 is 0 Å². The molecule has 1 aromatic heterocycles. The highest BCUT2D eigenvalue weighted by Crippen LogP contribution is 2.31. The fourth-order valence-corrected chi connectivity index (χ4v) is 4.06. The van der Waals surface area contributed by atoms with Crippen LogP contribution in [0.5, 0.6) is 5.75 Å². The van der Waals surface area contributed by atoms with Crippen molar-refractivity contribution in [1.29, 1.82) is 0 Å². The third-order valence-corrected chi connectivity index (χ3v) is 5.71. The van der Waals surface area contributed by atoms with Crippen LogP contribution >= 0.6 is 12.4 Å². The van der Waals surface area contributed by atoms with E-state index in [4.69, 9.17) is 4.74 Å². The number of rotatable bonds is 7. The predicted molar refractivity (Wildman–Crippen MR) is 126 cm³/mol. The topological polar surface area (TPSA) is 111 Å². The third-order valence-electron chi connectivity index (χ3n) is 5.71. The summed E-state index contributed by atoms with van der Waals surface area (Å²) in [6.45, 7) is 2.05. The second kappa shape index (κ2) is 10.9. The van der Waals surface area contributed by atoms with Crippen LogP contribution in [0.15, 0.2) is 54.7 Å². The first kappa shape index (κ1) is 24.2. The molecule has 33 heavy (non-hydrogen) atoms. The van der Waals surface area contributed by atoms with Gasteiger partial charge in [0, 0.05) is 30.2 Å². The molecular formula is C23H26ClN5O4. The number of nitro benzene ring substituents is 1. The van der Waals surface area contributed by atoms with Crippen molar-refractivity contribution in [3.8, 4) is 11.4 Å². The van der Waals surface area contributed by atoms with Gasteiger partial charge in [0.15, 0.2) is 0 Å². The van der Waals surface area contributed by atoms with E-state index in [-0.39, 0.29) is 29.9 Å². The van der Waals surface area contributed by atoms with Gasteiger partial charge in [0.25, 0.3) is 11.6 Å². The molecule has 2 heterocycles. The highest BCUT2D eigenvalue weighted by atomic mass is 35.5. The highest BCUT2D eigenvalue weighted by molar-refractivity contribution is 5.95. The van der Waals surface area contributed by atoms with Gasteiger partial charge in [-0.05, 0) is 44.1 Å². The molecule has 174 valence electrons. The number of hydrogen-bond donors (Lipinski definition) is 2. The maximum absolute atomic E-state index is 13.2. The van der Waals surface area contributed by atoms with Gasteiger partial charge in [-0.15, -0.1) is 12.4 Å². The number of carbonyl (C=O) groups is 1. The van der Waals surface area contributed by atoms with Crippen LogP contribution in [-0.2, 0) is 6.54 Å². The molecule has 3 aromatic rings. The number of amides is 1. The van der Waals surface area contributed by atoms with Gasteiger partial charge in [0.2, 0.25) is 0 Å². The summed E-state index contributed by atoms with van der Waals surface area (Å²) in [5.74, 6) is 0.659. The van der Waals surface area contributed by atoms with E-state index in [0.29, 0.717) is 23.5 Å². The SMILES string of the molecule is COc1ccccc1CNC(=O)c1cnn(-c2ccc([N+](=O)[O-])cc2)c1C1CCNCC1.Cl. The zero-order valence-corrected chi connectivity index (χ0v) is 19.0. The zero-order chi connectivity index (χ0) is 22.5. The van der Waals surface area contributed by atoms with Gasteiger partial charge in [0.1, 0.15) is 5.75 Å². The Morgan fingerprint density at radius 1 is 1.21 bits per heavy atom. The Kier molecular flexibility index (Phi) is 8.02. The van der Waals surface area contributed by atoms with Gasteiger partial charge in [-0.2, -0.15) is 5.10 Å². The molecule has 1 aliphatic heterocycles. The van der Waals surface area contributed by atoms with Crippen LogP contribution in [0.1, 0.15) is 40.4 Å². The van der Waals surface area contributed by atoms with Crippen LogP contribution < -0.4 is 15.4 Å². The molecule has 10 heteroatoms. The normalized spacial score (nSPS) is 13.7. The fourth-order valence-electron chi connectivity index (χ4n) is 4.06. The lowest BCUT2D eigenvalue weighted by Crippen LogP contribution is -2.30. The number of hydrogen-bond acceptors (Lipinski definition) is 6. The molecular weight excluding hydrogens is 446 g/mol. The van der Waals surface area contributed by atoms with Crippen LogP contribution in [0.25, 0.3) is 5.69 Å². The van der Waals surface area contributed by atoms with E-state index in [9.17, 15) is 14.9 Å². The van der Waals surface area contributed by atoms with E-state index in [2.05, 4.69) is 15.7 Å². The summed E-state index contributed by atoms with van der Waals surface area (Å²) in [6.07, 6.45) is 3.34. The molecule has 0 aliphatic carbocycles. The molecule has 4 rings (SSSR count). The smallest absolute Gasteiger partial charge is 0.269 e. The number of para-hydroxylation sites is 1. The molecule has 0 radical (unpaired) electrons. The monoisotopic (exact) mass is 471 g/mol. The number of ether oxygens (including phenoxy) is 1. The average molecular weight is 472 g/mol. The van der Waals surface area contributed by atoms with Crippen molar-refractivity contribution < 1.29 is 14.5 Å². The molecule has 1 amide bonds. The number of aromatic nitrogens is 2. The van der Waals surface area contributed by atoms with Crippen molar-refractivity contribution in [1.82, 2.24) is 20.4 Å². The standard InChI is InChI=1S/C23H25N5O4.ClH/c1-32-21-5-3-2-4-17(21)14-25-23(29)20-15-26-27(22(20)16-10-12-24-13-11-16)18-6-8-19(9-7-18)28(30)31;/h2-9,15-16,24H,10-14H2,1H3,(H,25,29);1H. The van der Waals surface area contributed by atoms with Crippen molar-refractivity contribution in [2.24, 2.45) is 0 Å². The van der Waals surface area contributed by atoms with Crippen LogP contribution in [0, 0.1) is 10.1 Å². The van der Waals surface area contributed by atoms with E-state index in [0.717, 1.165) is 37.2 Å². The Labute approximate surface area is 197 Å². The number of benzene rings is 2. The molecule has 0 unspecified atom stereocenters. The summed E-state index contributed by atoms with van der Waals surface area (Å²) in [7, 11) is 1.60. The highest BCUT2D eigenvalue weighted by Gasteiger charge is 2.27. The van der Waals surface area contributed by atoms with Gasteiger partial charge < -0.3 is 15.4 Å². The van der Waals surface area contributed by atoms with E-state index in [1.165, 1.54) is 12.1 Å². The molecule has 2 N–H and O–H groups in total. The maximum Gasteiger partial charge on any atom is 0.269 e. The van der Waals surface area contributed by atoms with Crippen LogP contribution in [0.3, 0.4) is 0 Å². The molecule has 1 saturated heterocycles. The Hall–Kier alpha value is -3.43. The lowest BCUT2D eigenvalue weighted by molar-refractivity contribution is -0.384. The van der Waals surface area contributed by atoms with Crippen molar-refractivity contribution >= 4 is 24.0 Å². The lowest BCUT2D eigenvalue weighted by Gasteiger charge is -2.24. The van der Waals surface area contributed by atoms with Crippen molar-refractivity contribution in [2.75, 3.05) is 20.2 Å². The Balaban J connectivity index is 0.00000306. The molecule has 1 aliphatic rings. The third kappa shape index (κ3) is 5.32. The van der Waals surface area contributed by atoms with Gasteiger partial charge in [-0.1, -0.05) is 18.2 Å². The first-order valence-corrected chi connectivity index (χ1v) is 10.5. The number of carbonyl (C=O) groups excluding carboxylic acids is 1. The first-order valence-electron chi connectivity index (χ1n) is 10.5. The van der Waals surface area contributed by atoms with Crippen molar-refractivity contribution in [2.45, 2.75) is 25.3 Å². The maximum atomic E-state index is 13.2. The summed E-state index contributed by atoms with van der Waals surface area (Å²) < 4.78 is 7.10. The summed E-state index contributed by atoms with van der Waals surface area (Å²) in [4.78, 5) is 23.7. The second-order valence-electron chi connectivity index (χ2n) is 7.65. The average Bonchev–Trinajstić information content (AvgIpc) is 3.28. The number of nitrogens with zero attached hydrogens (tertiary/aromatic N) is 3. The fraction of sp³-hybridized carbons (Fsp3) is 0.304. The van der Waals surface area contributed by atoms with Crippen LogP contribution in [0.2, 0.25) is 0 Å². The number of nitro groups is 1. The number of non-ortho nitro benzene ring substituents is 1. The number of nitrogens with one attached hydrogen (secondary N) is 2. The number of piperidine rings is 1. The first-order chi connectivity index (χ1) is 15.6. The van der Waals surface area contributed by atoms with E-state index in [1.54, 1.807) is 30.1 Å². The largest absolute Gasteiger partial charge is 0.496 e. The van der Waals surface area contributed by atoms with Crippen LogP contribution in [0.4, 0.5) is 5.69 Å². The summed E-state index contributed by atoms with van der Waals surface area (Å²) in [5, 5.41) is 21.8. The predicted octanol–water partition coefficient (Wildman–Crippen LogP) is 3.61. The Morgan fingerprint density at radius 3 is 2.58 bits per heavy atom. The summed E-state index contributed by atoms with van der Waals surface area (Å²) in [6, 6.07) is 13.8. The van der Waals surface area contributed by atoms with E-state index in [1.807, 2.05) is 24.3 Å². The Morgan fingerprint density at radius 2 is 1.91 bits per heavy atom. The van der Waals surface area contributed by atoms with E-state index < -0.39 is 4.92 Å². The number of halogens is 1. The zero-order valence-electron chi connectivity index (χ0n) is 18.2. The summed E-state index contributed by atoms with van der Waals surface area (Å²) in [5.41, 5.74) is 2.93. The molecule has 0 spiro atoms. The quantitative estimate of drug-likeness (QED) is 0.402. The van der Waals surface area contributed by atoms with Gasteiger partial charge in [-0.3, -0.25) is 14.9 Å². The molecule has 1 fully saturated rings. The minimum absolute atomic E-state index is 0. The number of methoxy groups -OCH3 is 1. The molecule has 0 saturated carbocycles. The molecule has 0 atom stereocenters. The van der Waals surface area contributed by atoms with Crippen LogP contribution in [-0.4, -0.2) is 40.8 Å². The Bertz CT molecular complexity index is 1110. The van der Waals surface area contributed by atoms with E-state index >= 15 is 0 Å². The lowest BCUT2D eigenvalue weighted by atomic mass is 9.91. The second-order valence-corrected chi connectivity index (χ2v) is 7.65. The van der Waals surface area contributed by atoms with Gasteiger partial charge in [0.05, 0.1) is 35.2 Å². The van der Waals surface area contributed by atoms with Crippen molar-refractivity contribution in [3.05, 3.63) is 81.7 Å². The molecule has 9 nitrogen and oxygen atoms in total. The molecule has 2 aromatic carbocycles.